The molecule has 0 bridgehead atoms. The molecule has 0 unspecified atom stereocenters. The lowest BCUT2D eigenvalue weighted by atomic mass is 10.2. The van der Waals surface area contributed by atoms with E-state index in [2.05, 4.69) is 26.1 Å². The Morgan fingerprint density at radius 1 is 1.24 bits per heavy atom. The number of aromatic carboxylic acids is 1. The van der Waals surface area contributed by atoms with Crippen LogP contribution < -0.4 is 5.32 Å². The van der Waals surface area contributed by atoms with Gasteiger partial charge in [0.25, 0.3) is 0 Å². The Bertz CT molecular complexity index is 550. The van der Waals surface area contributed by atoms with Crippen LogP contribution in [0, 0.1) is 0 Å². The van der Waals surface area contributed by atoms with Gasteiger partial charge in [0.1, 0.15) is 0 Å². The van der Waals surface area contributed by atoms with Crippen LogP contribution in [0.25, 0.3) is 0 Å². The highest BCUT2D eigenvalue weighted by Crippen LogP contribution is 2.22. The molecular formula is C14H18BrN3O3. The van der Waals surface area contributed by atoms with Gasteiger partial charge in [-0.1, -0.05) is 15.9 Å². The zero-order chi connectivity index (χ0) is 15.4. The van der Waals surface area contributed by atoms with Gasteiger partial charge in [-0.3, -0.25) is 0 Å². The fourth-order valence-corrected chi connectivity index (χ4v) is 2.61. The second-order valence-electron chi connectivity index (χ2n) is 5.07. The molecule has 1 aliphatic heterocycles. The van der Waals surface area contributed by atoms with Gasteiger partial charge in [-0.15, -0.1) is 0 Å². The van der Waals surface area contributed by atoms with Crippen LogP contribution in [0.4, 0.5) is 10.5 Å². The first-order chi connectivity index (χ1) is 9.97. The molecule has 114 valence electrons. The highest BCUT2D eigenvalue weighted by Gasteiger charge is 2.19. The number of nitrogens with one attached hydrogen (secondary N) is 1. The zero-order valence-corrected chi connectivity index (χ0v) is 13.4. The van der Waals surface area contributed by atoms with Crippen molar-refractivity contribution in [3.63, 3.8) is 0 Å². The maximum absolute atomic E-state index is 12.3. The molecule has 2 rings (SSSR count). The van der Waals surface area contributed by atoms with Gasteiger partial charge in [0.15, 0.2) is 0 Å². The van der Waals surface area contributed by atoms with Gasteiger partial charge in [-0.05, 0) is 38.2 Å². The maximum atomic E-state index is 12.3. The number of rotatable bonds is 2. The standard InChI is InChI=1S/C14H18BrN3O3/c1-17-5-2-6-18(8-7-17)14(21)16-12-9-10(15)3-4-11(12)13(19)20/h3-4,9H,2,5-8H2,1H3,(H,16,21)(H,19,20). The third kappa shape index (κ3) is 4.18. The fourth-order valence-electron chi connectivity index (χ4n) is 2.25. The minimum Gasteiger partial charge on any atom is -0.478 e. The minimum atomic E-state index is -1.06. The summed E-state index contributed by atoms with van der Waals surface area (Å²) in [5.74, 6) is -1.06. The Hall–Kier alpha value is -1.60. The van der Waals surface area contributed by atoms with Crippen molar-refractivity contribution in [3.8, 4) is 0 Å². The normalized spacial score (nSPS) is 16.4. The average molecular weight is 356 g/mol. The molecule has 0 atom stereocenters. The summed E-state index contributed by atoms with van der Waals surface area (Å²) in [5.41, 5.74) is 0.387. The fraction of sp³-hybridized carbons (Fsp3) is 0.429. The van der Waals surface area contributed by atoms with Crippen LogP contribution in [-0.2, 0) is 0 Å². The number of anilines is 1. The summed E-state index contributed by atoms with van der Waals surface area (Å²) in [6.45, 7) is 3.09. The highest BCUT2D eigenvalue weighted by atomic mass is 79.9. The van der Waals surface area contributed by atoms with Gasteiger partial charge < -0.3 is 20.2 Å². The van der Waals surface area contributed by atoms with Crippen molar-refractivity contribution in [1.82, 2.24) is 9.80 Å². The monoisotopic (exact) mass is 355 g/mol. The number of halogens is 1. The number of carboxylic acids is 1. The van der Waals surface area contributed by atoms with Gasteiger partial charge in [0, 0.05) is 24.1 Å². The van der Waals surface area contributed by atoms with E-state index in [1.165, 1.54) is 6.07 Å². The van der Waals surface area contributed by atoms with Gasteiger partial charge in [-0.25, -0.2) is 9.59 Å². The summed E-state index contributed by atoms with van der Waals surface area (Å²) in [6, 6.07) is 4.45. The molecule has 0 spiro atoms. The predicted octanol–water partition coefficient (Wildman–Crippen LogP) is 2.32. The van der Waals surface area contributed by atoms with E-state index in [-0.39, 0.29) is 11.6 Å². The summed E-state index contributed by atoms with van der Waals surface area (Å²) in [7, 11) is 2.03. The molecule has 1 saturated heterocycles. The van der Waals surface area contributed by atoms with Crippen molar-refractivity contribution >= 4 is 33.6 Å². The van der Waals surface area contributed by atoms with Crippen molar-refractivity contribution in [2.75, 3.05) is 38.5 Å². The number of nitrogens with zero attached hydrogens (tertiary/aromatic N) is 2. The molecule has 1 fully saturated rings. The number of hydrogen-bond donors (Lipinski definition) is 2. The first-order valence-electron chi connectivity index (χ1n) is 6.74. The van der Waals surface area contributed by atoms with Crippen LogP contribution in [0.2, 0.25) is 0 Å². The van der Waals surface area contributed by atoms with Crippen LogP contribution >= 0.6 is 15.9 Å². The van der Waals surface area contributed by atoms with Crippen molar-refractivity contribution in [1.29, 1.82) is 0 Å². The summed E-state index contributed by atoms with van der Waals surface area (Å²) < 4.78 is 0.721. The second kappa shape index (κ2) is 6.91. The molecule has 0 radical (unpaired) electrons. The highest BCUT2D eigenvalue weighted by molar-refractivity contribution is 9.10. The quantitative estimate of drug-likeness (QED) is 0.853. The Morgan fingerprint density at radius 2 is 2.00 bits per heavy atom. The van der Waals surface area contributed by atoms with E-state index in [4.69, 9.17) is 0 Å². The molecule has 1 aromatic rings. The molecule has 0 aromatic heterocycles. The van der Waals surface area contributed by atoms with Crippen LogP contribution in [-0.4, -0.2) is 60.1 Å². The molecule has 0 aliphatic carbocycles. The van der Waals surface area contributed by atoms with E-state index in [1.54, 1.807) is 17.0 Å². The van der Waals surface area contributed by atoms with Crippen molar-refractivity contribution in [3.05, 3.63) is 28.2 Å². The Kier molecular flexibility index (Phi) is 5.19. The van der Waals surface area contributed by atoms with Gasteiger partial charge >= 0.3 is 12.0 Å². The Morgan fingerprint density at radius 3 is 2.71 bits per heavy atom. The van der Waals surface area contributed by atoms with Gasteiger partial charge in [0.2, 0.25) is 0 Å². The molecule has 2 amide bonds. The summed E-state index contributed by atoms with van der Waals surface area (Å²) >= 11 is 3.29. The lowest BCUT2D eigenvalue weighted by Crippen LogP contribution is -2.37. The van der Waals surface area contributed by atoms with E-state index in [9.17, 15) is 14.7 Å². The molecule has 6 nitrogen and oxygen atoms in total. The molecule has 21 heavy (non-hydrogen) atoms. The van der Waals surface area contributed by atoms with E-state index in [0.29, 0.717) is 18.8 Å². The number of carbonyl (C=O) groups excluding carboxylic acids is 1. The molecule has 1 aromatic carbocycles. The number of urea groups is 1. The van der Waals surface area contributed by atoms with Gasteiger partial charge in [-0.2, -0.15) is 0 Å². The third-order valence-corrected chi connectivity index (χ3v) is 3.95. The lowest BCUT2D eigenvalue weighted by Gasteiger charge is -2.21. The van der Waals surface area contributed by atoms with E-state index < -0.39 is 5.97 Å². The van der Waals surface area contributed by atoms with Gasteiger partial charge in [0.05, 0.1) is 11.3 Å². The summed E-state index contributed by atoms with van der Waals surface area (Å²) in [6.07, 6.45) is 0.911. The number of likely N-dealkylation sites (N-methyl/N-ethyl adjacent to an activating group) is 1. The smallest absolute Gasteiger partial charge is 0.337 e. The predicted molar refractivity (Wildman–Crippen MR) is 83.8 cm³/mol. The largest absolute Gasteiger partial charge is 0.478 e. The molecule has 1 heterocycles. The zero-order valence-electron chi connectivity index (χ0n) is 11.8. The van der Waals surface area contributed by atoms with E-state index in [0.717, 1.165) is 24.0 Å². The van der Waals surface area contributed by atoms with Crippen LogP contribution in [0.15, 0.2) is 22.7 Å². The van der Waals surface area contributed by atoms with Crippen molar-refractivity contribution in [2.45, 2.75) is 6.42 Å². The van der Waals surface area contributed by atoms with Crippen LogP contribution in [0.3, 0.4) is 0 Å². The second-order valence-corrected chi connectivity index (χ2v) is 5.98. The molecule has 2 N–H and O–H groups in total. The number of benzene rings is 1. The maximum Gasteiger partial charge on any atom is 0.337 e. The first-order valence-corrected chi connectivity index (χ1v) is 7.54. The summed E-state index contributed by atoms with van der Waals surface area (Å²) in [5, 5.41) is 11.9. The minimum absolute atomic E-state index is 0.0819. The van der Waals surface area contributed by atoms with E-state index >= 15 is 0 Å². The average Bonchev–Trinajstić information content (AvgIpc) is 2.63. The molecule has 0 saturated carbocycles. The number of hydrogen-bond acceptors (Lipinski definition) is 3. The number of carboxylic acid groups (broad SMARTS) is 1. The number of carbonyl (C=O) groups is 2. The van der Waals surface area contributed by atoms with Crippen molar-refractivity contribution in [2.24, 2.45) is 0 Å². The Balaban J connectivity index is 2.12. The molecular weight excluding hydrogens is 338 g/mol. The molecule has 7 heteroatoms. The third-order valence-electron chi connectivity index (χ3n) is 3.46. The van der Waals surface area contributed by atoms with E-state index in [1.807, 2.05) is 7.05 Å². The topological polar surface area (TPSA) is 72.9 Å². The Labute approximate surface area is 131 Å². The molecule has 1 aliphatic rings. The van der Waals surface area contributed by atoms with Crippen LogP contribution in [0.1, 0.15) is 16.8 Å². The van der Waals surface area contributed by atoms with Crippen molar-refractivity contribution < 1.29 is 14.7 Å². The lowest BCUT2D eigenvalue weighted by molar-refractivity contribution is 0.0698. The number of amides is 2. The SMILES string of the molecule is CN1CCCN(C(=O)Nc2cc(Br)ccc2C(=O)O)CC1. The first kappa shape index (κ1) is 15.8. The van der Waals surface area contributed by atoms with Crippen LogP contribution in [0.5, 0.6) is 0 Å². The summed E-state index contributed by atoms with van der Waals surface area (Å²) in [4.78, 5) is 27.4.